The molecule has 0 saturated carbocycles. The molecule has 0 heterocycles. The van der Waals surface area contributed by atoms with Crippen molar-refractivity contribution in [3.8, 4) is 5.75 Å². The van der Waals surface area contributed by atoms with Crippen LogP contribution in [0.25, 0.3) is 0 Å². The van der Waals surface area contributed by atoms with Crippen molar-refractivity contribution in [1.29, 1.82) is 0 Å². The molecule has 0 aliphatic carbocycles. The van der Waals surface area contributed by atoms with Crippen molar-refractivity contribution in [2.75, 3.05) is 27.7 Å². The van der Waals surface area contributed by atoms with Crippen LogP contribution in [0.1, 0.15) is 36.8 Å². The van der Waals surface area contributed by atoms with E-state index in [2.05, 4.69) is 33.2 Å². The molecule has 2 aromatic carbocycles. The van der Waals surface area contributed by atoms with Gasteiger partial charge in [-0.2, -0.15) is 0 Å². The number of hydrogen-bond acceptors (Lipinski definition) is 2. The number of aliphatic hydroxyl groups is 1. The molecule has 3 nitrogen and oxygen atoms in total. The lowest BCUT2D eigenvalue weighted by Gasteiger charge is -2.37. The lowest BCUT2D eigenvalue weighted by molar-refractivity contribution is -0.861. The van der Waals surface area contributed by atoms with Crippen LogP contribution in [-0.4, -0.2) is 32.9 Å². The number of quaternary nitrogens is 1. The van der Waals surface area contributed by atoms with Gasteiger partial charge in [0.05, 0.1) is 33.7 Å². The van der Waals surface area contributed by atoms with Crippen molar-refractivity contribution in [3.05, 3.63) is 65.7 Å². The summed E-state index contributed by atoms with van der Waals surface area (Å²) in [4.78, 5) is 1.33. The molecule has 0 amide bonds. The Morgan fingerprint density at radius 1 is 1.04 bits per heavy atom. The third kappa shape index (κ3) is 4.16. The summed E-state index contributed by atoms with van der Waals surface area (Å²) in [5, 5.41) is 11.8. The van der Waals surface area contributed by atoms with Gasteiger partial charge in [0, 0.05) is 0 Å². The summed E-state index contributed by atoms with van der Waals surface area (Å²) in [6.07, 6.45) is 1.65. The third-order valence-electron chi connectivity index (χ3n) is 4.61. The minimum Gasteiger partial charge on any atom is -0.497 e. The Balaban J connectivity index is 2.49. The summed E-state index contributed by atoms with van der Waals surface area (Å²) in [5.41, 5.74) is 1.25. The van der Waals surface area contributed by atoms with Crippen LogP contribution in [0.4, 0.5) is 0 Å². The number of likely N-dealkylation sites (N-methyl/N-ethyl adjacent to an activating group) is 1. The van der Waals surface area contributed by atoms with Gasteiger partial charge in [0.25, 0.3) is 0 Å². The summed E-state index contributed by atoms with van der Waals surface area (Å²) in [6.45, 7) is 2.99. The monoisotopic (exact) mass is 328 g/mol. The van der Waals surface area contributed by atoms with Crippen LogP contribution in [0.15, 0.2) is 54.6 Å². The molecule has 0 bridgehead atoms. The van der Waals surface area contributed by atoms with Gasteiger partial charge in [-0.25, -0.2) is 0 Å². The fraction of sp³-hybridized carbons (Fsp3) is 0.429. The Kier molecular flexibility index (Phi) is 6.41. The molecule has 3 heteroatoms. The van der Waals surface area contributed by atoms with E-state index >= 15 is 0 Å². The summed E-state index contributed by atoms with van der Waals surface area (Å²) >= 11 is 0. The van der Waals surface area contributed by atoms with Gasteiger partial charge in [0.1, 0.15) is 11.4 Å². The first-order valence-electron chi connectivity index (χ1n) is 8.72. The maximum absolute atomic E-state index is 11.8. The summed E-state index contributed by atoms with van der Waals surface area (Å²) in [6, 6.07) is 18.2. The zero-order chi connectivity index (χ0) is 17.6. The van der Waals surface area contributed by atoms with Gasteiger partial charge in [0.2, 0.25) is 0 Å². The molecule has 0 aromatic heterocycles. The van der Waals surface area contributed by atoms with Crippen molar-refractivity contribution >= 4 is 0 Å². The van der Waals surface area contributed by atoms with Gasteiger partial charge in [-0.1, -0.05) is 55.8 Å². The summed E-state index contributed by atoms with van der Waals surface area (Å²) in [7, 11) is 5.93. The zero-order valence-electron chi connectivity index (χ0n) is 15.3. The van der Waals surface area contributed by atoms with Crippen molar-refractivity contribution < 1.29 is 14.7 Å². The van der Waals surface area contributed by atoms with Crippen molar-refractivity contribution in [2.45, 2.75) is 31.3 Å². The minimum absolute atomic E-state index is 0.0389. The first kappa shape index (κ1) is 18.5. The Morgan fingerprint density at radius 3 is 2.17 bits per heavy atom. The predicted octanol–water partition coefficient (Wildman–Crippen LogP) is 2.61. The van der Waals surface area contributed by atoms with Crippen LogP contribution in [-0.2, 0) is 5.60 Å². The topological polar surface area (TPSA) is 33.9 Å². The first-order chi connectivity index (χ1) is 11.5. The van der Waals surface area contributed by atoms with E-state index in [0.29, 0.717) is 0 Å². The van der Waals surface area contributed by atoms with Gasteiger partial charge in [0.15, 0.2) is 0 Å². The first-order valence-corrected chi connectivity index (χ1v) is 8.72. The summed E-state index contributed by atoms with van der Waals surface area (Å²) in [5.74, 6) is 0.851. The van der Waals surface area contributed by atoms with Gasteiger partial charge < -0.3 is 14.7 Å². The lowest BCUT2D eigenvalue weighted by atomic mass is 9.74. The molecular formula is C21H30NO2+. The highest BCUT2D eigenvalue weighted by Crippen LogP contribution is 2.40. The normalized spacial score (nSPS) is 15.1. The van der Waals surface area contributed by atoms with E-state index < -0.39 is 5.60 Å². The van der Waals surface area contributed by atoms with Crippen molar-refractivity contribution in [1.82, 2.24) is 0 Å². The second kappa shape index (κ2) is 8.32. The van der Waals surface area contributed by atoms with Crippen LogP contribution in [0, 0.1) is 0 Å². The fourth-order valence-electron chi connectivity index (χ4n) is 3.44. The number of ether oxygens (including phenoxy) is 1. The van der Waals surface area contributed by atoms with Crippen molar-refractivity contribution in [3.63, 3.8) is 0 Å². The molecule has 0 fully saturated rings. The van der Waals surface area contributed by atoms with Gasteiger partial charge in [-0.05, 0) is 29.7 Å². The maximum Gasteiger partial charge on any atom is 0.118 e. The molecule has 0 spiro atoms. The largest absolute Gasteiger partial charge is 0.497 e. The maximum atomic E-state index is 11.8. The fourth-order valence-corrected chi connectivity index (χ4v) is 3.44. The number of rotatable bonds is 8. The quantitative estimate of drug-likeness (QED) is 0.781. The number of hydrogen-bond donors (Lipinski definition) is 2. The second-order valence-electron chi connectivity index (χ2n) is 6.78. The smallest absolute Gasteiger partial charge is 0.118 e. The summed E-state index contributed by atoms with van der Waals surface area (Å²) < 4.78 is 5.27. The molecule has 2 unspecified atom stereocenters. The van der Waals surface area contributed by atoms with E-state index in [1.54, 1.807) is 7.11 Å². The molecule has 130 valence electrons. The standard InChI is InChI=1S/C21H29NO2/c1-5-15-21(23,18-11-13-19(24-4)14-12-18)20(16-22(2)3)17-9-7-6-8-10-17/h6-14,20,23H,5,15-16H2,1-4H3/p+1. The highest BCUT2D eigenvalue weighted by atomic mass is 16.5. The molecule has 0 aliphatic rings. The van der Waals surface area contributed by atoms with E-state index in [1.807, 2.05) is 42.5 Å². The average Bonchev–Trinajstić information content (AvgIpc) is 2.60. The zero-order valence-corrected chi connectivity index (χ0v) is 15.3. The Bertz CT molecular complexity index is 609. The van der Waals surface area contributed by atoms with Crippen LogP contribution in [0.3, 0.4) is 0 Å². The van der Waals surface area contributed by atoms with E-state index in [9.17, 15) is 5.11 Å². The van der Waals surface area contributed by atoms with E-state index in [0.717, 1.165) is 30.7 Å². The highest BCUT2D eigenvalue weighted by Gasteiger charge is 2.40. The molecule has 2 rings (SSSR count). The van der Waals surface area contributed by atoms with Crippen LogP contribution >= 0.6 is 0 Å². The molecule has 2 aromatic rings. The number of benzene rings is 2. The van der Waals surface area contributed by atoms with Crippen LogP contribution in [0.2, 0.25) is 0 Å². The highest BCUT2D eigenvalue weighted by molar-refractivity contribution is 5.35. The Labute approximate surface area is 145 Å². The number of nitrogens with one attached hydrogen (secondary N) is 1. The Morgan fingerprint density at radius 2 is 1.67 bits per heavy atom. The Hall–Kier alpha value is -1.84. The molecule has 2 N–H and O–H groups in total. The average molecular weight is 328 g/mol. The van der Waals surface area contributed by atoms with Crippen molar-refractivity contribution in [2.24, 2.45) is 0 Å². The second-order valence-corrected chi connectivity index (χ2v) is 6.78. The van der Waals surface area contributed by atoms with E-state index in [-0.39, 0.29) is 5.92 Å². The van der Waals surface area contributed by atoms with Gasteiger partial charge >= 0.3 is 0 Å². The lowest BCUT2D eigenvalue weighted by Crippen LogP contribution is -3.06. The molecule has 0 radical (unpaired) electrons. The SMILES string of the molecule is CCCC(O)(c1ccc(OC)cc1)C(C[NH+](C)C)c1ccccc1. The van der Waals surface area contributed by atoms with E-state index in [4.69, 9.17) is 4.74 Å². The molecule has 0 saturated heterocycles. The van der Waals surface area contributed by atoms with Crippen LogP contribution < -0.4 is 9.64 Å². The molecule has 24 heavy (non-hydrogen) atoms. The third-order valence-corrected chi connectivity index (χ3v) is 4.61. The van der Waals surface area contributed by atoms with E-state index in [1.165, 1.54) is 10.5 Å². The number of methoxy groups -OCH3 is 1. The van der Waals surface area contributed by atoms with Gasteiger partial charge in [-0.3, -0.25) is 0 Å². The van der Waals surface area contributed by atoms with Crippen LogP contribution in [0.5, 0.6) is 5.75 Å². The molecular weight excluding hydrogens is 298 g/mol. The predicted molar refractivity (Wildman–Crippen MR) is 98.7 cm³/mol. The van der Waals surface area contributed by atoms with Gasteiger partial charge in [-0.15, -0.1) is 0 Å². The molecule has 0 aliphatic heterocycles. The molecule has 2 atom stereocenters. The minimum atomic E-state index is -0.889.